The van der Waals surface area contributed by atoms with Crippen molar-refractivity contribution in [1.82, 2.24) is 10.6 Å². The lowest BCUT2D eigenvalue weighted by Gasteiger charge is -2.22. The van der Waals surface area contributed by atoms with Crippen molar-refractivity contribution < 1.29 is 18.0 Å². The van der Waals surface area contributed by atoms with Gasteiger partial charge in [0.1, 0.15) is 6.04 Å². The van der Waals surface area contributed by atoms with Crippen molar-refractivity contribution in [3.63, 3.8) is 0 Å². The first-order chi connectivity index (χ1) is 14.7. The number of nitrogens with two attached hydrogens (primary N) is 1. The fourth-order valence-corrected chi connectivity index (χ4v) is 4.18. The molecular formula is C22H23N3O4S2. The van der Waals surface area contributed by atoms with Crippen LogP contribution in [0.5, 0.6) is 0 Å². The Morgan fingerprint density at radius 1 is 0.968 bits per heavy atom. The van der Waals surface area contributed by atoms with Gasteiger partial charge in [0.25, 0.3) is 5.91 Å². The zero-order chi connectivity index (χ0) is 22.4. The second kappa shape index (κ2) is 9.86. The summed E-state index contributed by atoms with van der Waals surface area (Å²) in [6.07, 6.45) is 0.334. The molecule has 162 valence electrons. The normalized spacial score (nSPS) is 13.2. The quantitative estimate of drug-likeness (QED) is 0.482. The van der Waals surface area contributed by atoms with E-state index < -0.39 is 22.1 Å². The third-order valence-corrected chi connectivity index (χ3v) is 6.51. The summed E-state index contributed by atoms with van der Waals surface area (Å²) in [6.45, 7) is 1.78. The molecule has 7 nitrogen and oxygen atoms in total. The van der Waals surface area contributed by atoms with E-state index in [1.54, 1.807) is 36.6 Å². The Labute approximate surface area is 185 Å². The van der Waals surface area contributed by atoms with Crippen LogP contribution in [0.25, 0.3) is 0 Å². The number of benzene rings is 2. The van der Waals surface area contributed by atoms with E-state index in [0.717, 1.165) is 5.56 Å². The van der Waals surface area contributed by atoms with Crippen LogP contribution in [0.1, 0.15) is 33.8 Å². The summed E-state index contributed by atoms with van der Waals surface area (Å²) in [5.74, 6) is -0.645. The maximum Gasteiger partial charge on any atom is 0.262 e. The van der Waals surface area contributed by atoms with E-state index in [4.69, 9.17) is 5.14 Å². The molecule has 0 saturated heterocycles. The van der Waals surface area contributed by atoms with Gasteiger partial charge in [0.15, 0.2) is 0 Å². The van der Waals surface area contributed by atoms with E-state index in [1.807, 2.05) is 30.3 Å². The molecule has 0 bridgehead atoms. The van der Waals surface area contributed by atoms with Gasteiger partial charge in [0, 0.05) is 6.42 Å². The van der Waals surface area contributed by atoms with E-state index >= 15 is 0 Å². The van der Waals surface area contributed by atoms with Crippen LogP contribution in [0.3, 0.4) is 0 Å². The molecule has 0 unspecified atom stereocenters. The Morgan fingerprint density at radius 3 is 2.23 bits per heavy atom. The molecule has 2 aromatic carbocycles. The van der Waals surface area contributed by atoms with Crippen LogP contribution < -0.4 is 15.8 Å². The van der Waals surface area contributed by atoms with E-state index in [1.165, 1.54) is 23.5 Å². The molecule has 2 atom stereocenters. The van der Waals surface area contributed by atoms with Gasteiger partial charge in [-0.1, -0.05) is 48.5 Å². The van der Waals surface area contributed by atoms with Crippen molar-refractivity contribution in [3.05, 3.63) is 88.1 Å². The van der Waals surface area contributed by atoms with Gasteiger partial charge in [-0.2, -0.15) is 0 Å². The van der Waals surface area contributed by atoms with E-state index in [9.17, 15) is 18.0 Å². The number of hydrogen-bond acceptors (Lipinski definition) is 5. The lowest BCUT2D eigenvalue weighted by molar-refractivity contribution is -0.123. The third-order valence-electron chi connectivity index (χ3n) is 4.72. The van der Waals surface area contributed by atoms with Gasteiger partial charge >= 0.3 is 0 Å². The fourth-order valence-electron chi connectivity index (χ4n) is 3.04. The summed E-state index contributed by atoms with van der Waals surface area (Å²) in [6, 6.07) is 17.7. The van der Waals surface area contributed by atoms with Gasteiger partial charge in [-0.05, 0) is 41.6 Å². The Kier molecular flexibility index (Phi) is 7.21. The zero-order valence-corrected chi connectivity index (χ0v) is 18.4. The number of primary sulfonamides is 1. The first-order valence-corrected chi connectivity index (χ1v) is 12.0. The average Bonchev–Trinajstić information content (AvgIpc) is 3.28. The smallest absolute Gasteiger partial charge is 0.262 e. The number of carbonyl (C=O) groups excluding carboxylic acids is 2. The van der Waals surface area contributed by atoms with Gasteiger partial charge in [-0.3, -0.25) is 9.59 Å². The van der Waals surface area contributed by atoms with E-state index in [2.05, 4.69) is 10.6 Å². The minimum Gasteiger partial charge on any atom is -0.348 e. The number of nitrogens with one attached hydrogen (secondary N) is 2. The summed E-state index contributed by atoms with van der Waals surface area (Å²) in [7, 11) is -3.79. The first kappa shape index (κ1) is 22.7. The molecule has 0 aliphatic heterocycles. The predicted molar refractivity (Wildman–Crippen MR) is 120 cm³/mol. The van der Waals surface area contributed by atoms with Gasteiger partial charge in [-0.25, -0.2) is 13.6 Å². The molecule has 0 spiro atoms. The van der Waals surface area contributed by atoms with Crippen molar-refractivity contribution >= 4 is 33.2 Å². The van der Waals surface area contributed by atoms with Crippen LogP contribution in [0, 0.1) is 0 Å². The Morgan fingerprint density at radius 2 is 1.65 bits per heavy atom. The zero-order valence-electron chi connectivity index (χ0n) is 16.8. The predicted octanol–water partition coefficient (Wildman–Crippen LogP) is 2.61. The van der Waals surface area contributed by atoms with Crippen LogP contribution in [-0.2, 0) is 21.2 Å². The number of amides is 2. The molecule has 31 heavy (non-hydrogen) atoms. The van der Waals surface area contributed by atoms with Crippen molar-refractivity contribution in [1.29, 1.82) is 0 Å². The molecule has 0 saturated carbocycles. The molecule has 2 amide bonds. The van der Waals surface area contributed by atoms with E-state index in [0.29, 0.717) is 16.9 Å². The molecule has 0 fully saturated rings. The third kappa shape index (κ3) is 6.24. The molecule has 3 rings (SSSR count). The number of hydrogen-bond donors (Lipinski definition) is 3. The number of rotatable bonds is 8. The first-order valence-electron chi connectivity index (χ1n) is 9.55. The largest absolute Gasteiger partial charge is 0.348 e. The highest BCUT2D eigenvalue weighted by Crippen LogP contribution is 2.16. The molecule has 1 heterocycles. The average molecular weight is 458 g/mol. The number of thiophene rings is 1. The fraction of sp³-hybridized carbons (Fsp3) is 0.182. The molecular weight excluding hydrogens is 434 g/mol. The maximum atomic E-state index is 13.0. The Hall–Kier alpha value is -3.01. The Bertz CT molecular complexity index is 1130. The second-order valence-electron chi connectivity index (χ2n) is 7.04. The monoisotopic (exact) mass is 457 g/mol. The molecule has 0 aliphatic carbocycles. The van der Waals surface area contributed by atoms with Crippen molar-refractivity contribution in [2.45, 2.75) is 30.3 Å². The van der Waals surface area contributed by atoms with Crippen molar-refractivity contribution in [2.24, 2.45) is 5.14 Å². The standard InChI is InChI=1S/C22H23N3O4S2/c1-15(17-9-11-18(12-10-17)31(23,28)29)24-21(26)19(14-16-6-3-2-4-7-16)25-22(27)20-8-5-13-30-20/h2-13,15,19H,14H2,1H3,(H,24,26)(H,25,27)(H2,23,28,29)/t15-,19+/m0/s1. The van der Waals surface area contributed by atoms with Crippen LogP contribution in [0.2, 0.25) is 0 Å². The van der Waals surface area contributed by atoms with Gasteiger partial charge in [0.2, 0.25) is 15.9 Å². The SMILES string of the molecule is C[C@H](NC(=O)[C@@H](Cc1ccccc1)NC(=O)c1cccs1)c1ccc(S(N)(=O)=O)cc1. The van der Waals surface area contributed by atoms with Gasteiger partial charge in [-0.15, -0.1) is 11.3 Å². The van der Waals surface area contributed by atoms with Crippen molar-refractivity contribution in [2.75, 3.05) is 0 Å². The summed E-state index contributed by atoms with van der Waals surface area (Å²) in [5, 5.41) is 12.6. The van der Waals surface area contributed by atoms with Crippen LogP contribution >= 0.6 is 11.3 Å². The molecule has 0 aliphatic rings. The second-order valence-corrected chi connectivity index (χ2v) is 9.55. The number of carbonyl (C=O) groups is 2. The molecule has 0 radical (unpaired) electrons. The summed E-state index contributed by atoms with van der Waals surface area (Å²) in [5.41, 5.74) is 1.63. The van der Waals surface area contributed by atoms with Crippen LogP contribution in [0.15, 0.2) is 77.0 Å². The lowest BCUT2D eigenvalue weighted by atomic mass is 10.0. The van der Waals surface area contributed by atoms with Crippen LogP contribution in [-0.4, -0.2) is 26.3 Å². The maximum absolute atomic E-state index is 13.0. The number of sulfonamides is 1. The highest BCUT2D eigenvalue weighted by molar-refractivity contribution is 7.89. The molecule has 9 heteroatoms. The minimum atomic E-state index is -3.79. The summed E-state index contributed by atoms with van der Waals surface area (Å²) < 4.78 is 22.8. The van der Waals surface area contributed by atoms with Crippen molar-refractivity contribution in [3.8, 4) is 0 Å². The summed E-state index contributed by atoms with van der Waals surface area (Å²) >= 11 is 1.30. The lowest BCUT2D eigenvalue weighted by Crippen LogP contribution is -2.48. The highest BCUT2D eigenvalue weighted by Gasteiger charge is 2.24. The minimum absolute atomic E-state index is 0.0000538. The molecule has 3 aromatic rings. The van der Waals surface area contributed by atoms with Gasteiger partial charge in [0.05, 0.1) is 15.8 Å². The topological polar surface area (TPSA) is 118 Å². The molecule has 1 aromatic heterocycles. The van der Waals surface area contributed by atoms with Crippen LogP contribution in [0.4, 0.5) is 0 Å². The summed E-state index contributed by atoms with van der Waals surface area (Å²) in [4.78, 5) is 26.1. The van der Waals surface area contributed by atoms with Gasteiger partial charge < -0.3 is 10.6 Å². The Balaban J connectivity index is 1.74. The highest BCUT2D eigenvalue weighted by atomic mass is 32.2. The molecule has 4 N–H and O–H groups in total. The van der Waals surface area contributed by atoms with E-state index in [-0.39, 0.29) is 16.7 Å².